The lowest BCUT2D eigenvalue weighted by Gasteiger charge is -2.33. The first kappa shape index (κ1) is 17.2. The quantitative estimate of drug-likeness (QED) is 0.847. The Labute approximate surface area is 139 Å². The lowest BCUT2D eigenvalue weighted by Crippen LogP contribution is -2.53. The summed E-state index contributed by atoms with van der Waals surface area (Å²) in [5.74, 6) is 0.118. The van der Waals surface area contributed by atoms with Crippen LogP contribution in [0.3, 0.4) is 0 Å². The molecule has 0 heterocycles. The third-order valence-electron chi connectivity index (χ3n) is 3.87. The Morgan fingerprint density at radius 2 is 1.35 bits per heavy atom. The number of amides is 1. The zero-order valence-corrected chi connectivity index (χ0v) is 14.3. The van der Waals surface area contributed by atoms with Crippen molar-refractivity contribution in [2.75, 3.05) is 6.54 Å². The van der Waals surface area contributed by atoms with Crippen molar-refractivity contribution >= 4 is 5.91 Å². The Hall–Kier alpha value is -2.13. The molecule has 0 bridgehead atoms. The summed E-state index contributed by atoms with van der Waals surface area (Å²) in [6.45, 7) is 7.91. The van der Waals surface area contributed by atoms with E-state index in [1.165, 1.54) is 0 Å². The fraction of sp³-hybridized carbons (Fsp3) is 0.350. The number of likely N-dealkylation sites (N-methyl/N-ethyl adjacent to an activating group) is 1. The van der Waals surface area contributed by atoms with Gasteiger partial charge in [-0.15, -0.1) is 0 Å². The molecule has 0 aliphatic rings. The van der Waals surface area contributed by atoms with Crippen LogP contribution in [0, 0.1) is 0 Å². The standard InChI is InChI=1S/C20H26N2O/c1-4-21-20(2,3)19(23)22(15-17-11-7-5-8-12-17)16-18-13-9-6-10-14-18/h5-14,21H,4,15-16H2,1-3H3. The van der Waals surface area contributed by atoms with Crippen molar-refractivity contribution in [3.05, 3.63) is 71.8 Å². The fourth-order valence-corrected chi connectivity index (χ4v) is 2.72. The van der Waals surface area contributed by atoms with Gasteiger partial charge in [-0.2, -0.15) is 0 Å². The highest BCUT2D eigenvalue weighted by Crippen LogP contribution is 2.16. The van der Waals surface area contributed by atoms with Gasteiger partial charge < -0.3 is 10.2 Å². The maximum Gasteiger partial charge on any atom is 0.242 e. The molecule has 2 aromatic carbocycles. The summed E-state index contributed by atoms with van der Waals surface area (Å²) in [4.78, 5) is 15.0. The van der Waals surface area contributed by atoms with Crippen molar-refractivity contribution in [1.82, 2.24) is 10.2 Å². The summed E-state index contributed by atoms with van der Waals surface area (Å²) in [5, 5.41) is 3.28. The minimum absolute atomic E-state index is 0.118. The molecule has 0 fully saturated rings. The van der Waals surface area contributed by atoms with Crippen molar-refractivity contribution in [1.29, 1.82) is 0 Å². The zero-order chi connectivity index (χ0) is 16.7. The lowest BCUT2D eigenvalue weighted by atomic mass is 10.0. The molecule has 3 heteroatoms. The van der Waals surface area contributed by atoms with Gasteiger partial charge in [0.2, 0.25) is 5.91 Å². The summed E-state index contributed by atoms with van der Waals surface area (Å²) >= 11 is 0. The van der Waals surface area contributed by atoms with E-state index < -0.39 is 5.54 Å². The highest BCUT2D eigenvalue weighted by atomic mass is 16.2. The molecule has 0 radical (unpaired) electrons. The minimum atomic E-state index is -0.571. The summed E-state index contributed by atoms with van der Waals surface area (Å²) in [7, 11) is 0. The molecule has 0 aliphatic carbocycles. The lowest BCUT2D eigenvalue weighted by molar-refractivity contribution is -0.138. The number of rotatable bonds is 7. The van der Waals surface area contributed by atoms with Crippen molar-refractivity contribution in [3.63, 3.8) is 0 Å². The molecular formula is C20H26N2O. The van der Waals surface area contributed by atoms with Gasteiger partial charge in [0, 0.05) is 13.1 Å². The first-order valence-electron chi connectivity index (χ1n) is 8.15. The van der Waals surface area contributed by atoms with Crippen molar-refractivity contribution in [3.8, 4) is 0 Å². The van der Waals surface area contributed by atoms with Crippen LogP contribution in [0.25, 0.3) is 0 Å². The third-order valence-corrected chi connectivity index (χ3v) is 3.87. The summed E-state index contributed by atoms with van der Waals surface area (Å²) in [5.41, 5.74) is 1.71. The number of nitrogens with zero attached hydrogens (tertiary/aromatic N) is 1. The number of carbonyl (C=O) groups excluding carboxylic acids is 1. The van der Waals surface area contributed by atoms with E-state index >= 15 is 0 Å². The first-order chi connectivity index (χ1) is 11.0. The first-order valence-corrected chi connectivity index (χ1v) is 8.15. The molecule has 0 atom stereocenters. The van der Waals surface area contributed by atoms with Gasteiger partial charge in [-0.1, -0.05) is 67.6 Å². The van der Waals surface area contributed by atoms with E-state index in [-0.39, 0.29) is 5.91 Å². The van der Waals surface area contributed by atoms with Crippen molar-refractivity contribution in [2.24, 2.45) is 0 Å². The van der Waals surface area contributed by atoms with Gasteiger partial charge in [0.15, 0.2) is 0 Å². The SMILES string of the molecule is CCNC(C)(C)C(=O)N(Cc1ccccc1)Cc1ccccc1. The van der Waals surface area contributed by atoms with Crippen LogP contribution in [0.1, 0.15) is 31.9 Å². The zero-order valence-electron chi connectivity index (χ0n) is 14.3. The molecule has 2 rings (SSSR count). The molecule has 0 saturated carbocycles. The second-order valence-electron chi connectivity index (χ2n) is 6.29. The predicted molar refractivity (Wildman–Crippen MR) is 94.9 cm³/mol. The molecule has 0 unspecified atom stereocenters. The number of hydrogen-bond donors (Lipinski definition) is 1. The largest absolute Gasteiger partial charge is 0.332 e. The maximum absolute atomic E-state index is 13.0. The Balaban J connectivity index is 2.22. The number of nitrogens with one attached hydrogen (secondary N) is 1. The second kappa shape index (κ2) is 7.93. The van der Waals surface area contributed by atoms with Crippen LogP contribution < -0.4 is 5.32 Å². The Morgan fingerprint density at radius 1 is 0.913 bits per heavy atom. The summed E-state index contributed by atoms with van der Waals surface area (Å²) < 4.78 is 0. The molecule has 0 saturated heterocycles. The topological polar surface area (TPSA) is 32.3 Å². The van der Waals surface area contributed by atoms with E-state index in [0.29, 0.717) is 13.1 Å². The van der Waals surface area contributed by atoms with Crippen LogP contribution in [0.4, 0.5) is 0 Å². The maximum atomic E-state index is 13.0. The molecule has 2 aromatic rings. The van der Waals surface area contributed by atoms with Crippen LogP contribution >= 0.6 is 0 Å². The van der Waals surface area contributed by atoms with Gasteiger partial charge in [0.25, 0.3) is 0 Å². The van der Waals surface area contributed by atoms with Gasteiger partial charge >= 0.3 is 0 Å². The predicted octanol–water partition coefficient (Wildman–Crippen LogP) is 3.60. The Kier molecular flexibility index (Phi) is 5.94. The molecule has 0 spiro atoms. The average molecular weight is 310 g/mol. The minimum Gasteiger partial charge on any atom is -0.332 e. The van der Waals surface area contributed by atoms with E-state index in [4.69, 9.17) is 0 Å². The van der Waals surface area contributed by atoms with Crippen LogP contribution in [-0.4, -0.2) is 22.9 Å². The molecule has 1 amide bonds. The van der Waals surface area contributed by atoms with E-state index in [9.17, 15) is 4.79 Å². The number of hydrogen-bond acceptors (Lipinski definition) is 2. The Morgan fingerprint density at radius 3 is 1.74 bits per heavy atom. The molecule has 1 N–H and O–H groups in total. The van der Waals surface area contributed by atoms with E-state index in [0.717, 1.165) is 17.7 Å². The van der Waals surface area contributed by atoms with Crippen LogP contribution in [0.5, 0.6) is 0 Å². The van der Waals surface area contributed by atoms with Crippen LogP contribution in [-0.2, 0) is 17.9 Å². The molecule has 3 nitrogen and oxygen atoms in total. The van der Waals surface area contributed by atoms with Gasteiger partial charge in [0.1, 0.15) is 0 Å². The van der Waals surface area contributed by atoms with Gasteiger partial charge in [-0.25, -0.2) is 0 Å². The molecule has 0 aliphatic heterocycles. The number of benzene rings is 2. The van der Waals surface area contributed by atoms with E-state index in [1.54, 1.807) is 0 Å². The highest BCUT2D eigenvalue weighted by Gasteiger charge is 2.31. The summed E-state index contributed by atoms with van der Waals surface area (Å²) in [6, 6.07) is 20.3. The summed E-state index contributed by atoms with van der Waals surface area (Å²) in [6.07, 6.45) is 0. The molecule has 122 valence electrons. The Bertz CT molecular complexity index is 567. The number of carbonyl (C=O) groups is 1. The van der Waals surface area contributed by atoms with E-state index in [2.05, 4.69) is 29.6 Å². The fourth-order valence-electron chi connectivity index (χ4n) is 2.72. The smallest absolute Gasteiger partial charge is 0.242 e. The molecule has 23 heavy (non-hydrogen) atoms. The highest BCUT2D eigenvalue weighted by molar-refractivity contribution is 5.85. The van der Waals surface area contributed by atoms with Crippen molar-refractivity contribution < 1.29 is 4.79 Å². The van der Waals surface area contributed by atoms with Gasteiger partial charge in [-0.05, 0) is 31.5 Å². The third kappa shape index (κ3) is 4.93. The van der Waals surface area contributed by atoms with Crippen LogP contribution in [0.2, 0.25) is 0 Å². The second-order valence-corrected chi connectivity index (χ2v) is 6.29. The van der Waals surface area contributed by atoms with Gasteiger partial charge in [-0.3, -0.25) is 4.79 Å². The molecular weight excluding hydrogens is 284 g/mol. The average Bonchev–Trinajstić information content (AvgIpc) is 2.55. The normalized spacial score (nSPS) is 11.3. The van der Waals surface area contributed by atoms with E-state index in [1.807, 2.05) is 62.1 Å². The van der Waals surface area contributed by atoms with Crippen molar-refractivity contribution in [2.45, 2.75) is 39.4 Å². The monoisotopic (exact) mass is 310 g/mol. The van der Waals surface area contributed by atoms with Crippen LogP contribution in [0.15, 0.2) is 60.7 Å². The molecule has 0 aromatic heterocycles. The van der Waals surface area contributed by atoms with Gasteiger partial charge in [0.05, 0.1) is 5.54 Å².